The summed E-state index contributed by atoms with van der Waals surface area (Å²) in [7, 11) is 0. The molecule has 96 valence electrons. The van der Waals surface area contributed by atoms with E-state index in [2.05, 4.69) is 25.7 Å². The van der Waals surface area contributed by atoms with E-state index in [4.69, 9.17) is 4.74 Å². The van der Waals surface area contributed by atoms with Crippen LogP contribution in [0.5, 0.6) is 0 Å². The van der Waals surface area contributed by atoms with Crippen molar-refractivity contribution < 1.29 is 4.74 Å². The molecule has 0 aromatic carbocycles. The third kappa shape index (κ3) is 13.7. The topological polar surface area (TPSA) is 21.3 Å². The lowest BCUT2D eigenvalue weighted by Crippen LogP contribution is -2.20. The molecule has 0 heterocycles. The number of rotatable bonds is 12. The normalized spacial score (nSPS) is 10.9. The van der Waals surface area contributed by atoms with Gasteiger partial charge in [-0.25, -0.2) is 0 Å². The van der Waals surface area contributed by atoms with Crippen LogP contribution in [0, 0.1) is 5.92 Å². The molecule has 1 N–H and O–H groups in total. The van der Waals surface area contributed by atoms with E-state index in [0.717, 1.165) is 38.6 Å². The largest absolute Gasteiger partial charge is 0.381 e. The Morgan fingerprint density at radius 3 is 2.56 bits per heavy atom. The summed E-state index contributed by atoms with van der Waals surface area (Å²) in [6.45, 7) is 12.2. The van der Waals surface area contributed by atoms with Gasteiger partial charge in [-0.1, -0.05) is 32.8 Å². The van der Waals surface area contributed by atoms with E-state index in [1.54, 1.807) is 0 Å². The minimum atomic E-state index is 0.762. The molecule has 0 amide bonds. The minimum absolute atomic E-state index is 0.762. The van der Waals surface area contributed by atoms with Gasteiger partial charge in [-0.05, 0) is 38.3 Å². The summed E-state index contributed by atoms with van der Waals surface area (Å²) in [4.78, 5) is 0. The highest BCUT2D eigenvalue weighted by Crippen LogP contribution is 2.00. The van der Waals surface area contributed by atoms with Gasteiger partial charge in [-0.15, -0.1) is 6.58 Å². The van der Waals surface area contributed by atoms with Gasteiger partial charge in [0.2, 0.25) is 0 Å². The van der Waals surface area contributed by atoms with Crippen LogP contribution in [0.3, 0.4) is 0 Å². The van der Waals surface area contributed by atoms with Gasteiger partial charge in [0.25, 0.3) is 0 Å². The lowest BCUT2D eigenvalue weighted by Gasteiger charge is -2.07. The van der Waals surface area contributed by atoms with Gasteiger partial charge in [-0.3, -0.25) is 0 Å². The summed E-state index contributed by atoms with van der Waals surface area (Å²) in [6, 6.07) is 0. The quantitative estimate of drug-likeness (QED) is 0.407. The Balaban J connectivity index is 2.90. The second-order valence-electron chi connectivity index (χ2n) is 4.70. The molecule has 0 radical (unpaired) electrons. The number of unbranched alkanes of at least 4 members (excludes halogenated alkanes) is 3. The molecule has 0 saturated heterocycles. The van der Waals surface area contributed by atoms with Crippen LogP contribution >= 0.6 is 0 Å². The fourth-order valence-corrected chi connectivity index (χ4v) is 1.47. The maximum atomic E-state index is 5.45. The van der Waals surface area contributed by atoms with Crippen LogP contribution in [0.15, 0.2) is 12.7 Å². The average Bonchev–Trinajstić information content (AvgIpc) is 2.25. The standard InChI is InChI=1S/C14H29NO/c1-4-5-11-16-12-9-7-6-8-10-15-13-14(2)3/h4,14-15H,1,5-13H2,2-3H3. The molecule has 0 fully saturated rings. The van der Waals surface area contributed by atoms with Crippen molar-refractivity contribution in [3.8, 4) is 0 Å². The highest BCUT2D eigenvalue weighted by Gasteiger charge is 1.93. The van der Waals surface area contributed by atoms with Crippen molar-refractivity contribution >= 4 is 0 Å². The molecule has 0 unspecified atom stereocenters. The Kier molecular flexibility index (Phi) is 12.5. The highest BCUT2D eigenvalue weighted by molar-refractivity contribution is 4.64. The first-order valence-electron chi connectivity index (χ1n) is 6.66. The molecule has 2 heteroatoms. The number of nitrogens with one attached hydrogen (secondary N) is 1. The summed E-state index contributed by atoms with van der Waals surface area (Å²) in [5.74, 6) is 0.762. The molecule has 0 saturated carbocycles. The van der Waals surface area contributed by atoms with Crippen LogP contribution in [-0.2, 0) is 4.74 Å². The molecule has 0 rings (SSSR count). The van der Waals surface area contributed by atoms with E-state index >= 15 is 0 Å². The van der Waals surface area contributed by atoms with Gasteiger partial charge in [0.05, 0.1) is 0 Å². The van der Waals surface area contributed by atoms with E-state index < -0.39 is 0 Å². The first-order valence-corrected chi connectivity index (χ1v) is 6.66. The van der Waals surface area contributed by atoms with Crippen molar-refractivity contribution in [2.24, 2.45) is 5.92 Å². The van der Waals surface area contributed by atoms with Gasteiger partial charge < -0.3 is 10.1 Å². The molecule has 0 spiro atoms. The molecule has 0 bridgehead atoms. The monoisotopic (exact) mass is 227 g/mol. The van der Waals surface area contributed by atoms with E-state index in [0.29, 0.717) is 0 Å². The molecular formula is C14H29NO. The molecule has 0 aromatic heterocycles. The van der Waals surface area contributed by atoms with Crippen LogP contribution in [0.2, 0.25) is 0 Å². The molecule has 16 heavy (non-hydrogen) atoms. The smallest absolute Gasteiger partial charge is 0.0500 e. The second kappa shape index (κ2) is 12.7. The molecule has 0 aliphatic rings. The Morgan fingerprint density at radius 2 is 1.88 bits per heavy atom. The van der Waals surface area contributed by atoms with Gasteiger partial charge >= 0.3 is 0 Å². The summed E-state index contributed by atoms with van der Waals surface area (Å²) >= 11 is 0. The van der Waals surface area contributed by atoms with E-state index in [9.17, 15) is 0 Å². The van der Waals surface area contributed by atoms with Crippen molar-refractivity contribution in [3.63, 3.8) is 0 Å². The zero-order valence-corrected chi connectivity index (χ0v) is 11.1. The molecule has 0 aromatic rings. The molecule has 0 aliphatic carbocycles. The molecular weight excluding hydrogens is 198 g/mol. The molecule has 2 nitrogen and oxygen atoms in total. The zero-order valence-electron chi connectivity index (χ0n) is 11.1. The Labute approximate surface area is 101 Å². The lowest BCUT2D eigenvalue weighted by atomic mass is 10.2. The van der Waals surface area contributed by atoms with Crippen LogP contribution in [0.25, 0.3) is 0 Å². The van der Waals surface area contributed by atoms with Crippen molar-refractivity contribution in [1.82, 2.24) is 5.32 Å². The van der Waals surface area contributed by atoms with Crippen LogP contribution in [0.4, 0.5) is 0 Å². The molecule has 0 aliphatic heterocycles. The summed E-state index contributed by atoms with van der Waals surface area (Å²) < 4.78 is 5.45. The fraction of sp³-hybridized carbons (Fsp3) is 0.857. The first kappa shape index (κ1) is 15.7. The van der Waals surface area contributed by atoms with Gasteiger partial charge in [0.1, 0.15) is 0 Å². The van der Waals surface area contributed by atoms with E-state index in [1.807, 2.05) is 6.08 Å². The average molecular weight is 227 g/mol. The van der Waals surface area contributed by atoms with Crippen LogP contribution in [0.1, 0.15) is 46.0 Å². The van der Waals surface area contributed by atoms with Gasteiger partial charge in [-0.2, -0.15) is 0 Å². The van der Waals surface area contributed by atoms with Crippen LogP contribution in [-0.4, -0.2) is 26.3 Å². The summed E-state index contributed by atoms with van der Waals surface area (Å²) in [6.07, 6.45) is 7.97. The Hall–Kier alpha value is -0.340. The third-order valence-electron chi connectivity index (χ3n) is 2.41. The number of hydrogen-bond acceptors (Lipinski definition) is 2. The van der Waals surface area contributed by atoms with Crippen LogP contribution < -0.4 is 5.32 Å². The summed E-state index contributed by atoms with van der Waals surface area (Å²) in [5, 5.41) is 3.46. The maximum absolute atomic E-state index is 5.45. The van der Waals surface area contributed by atoms with Gasteiger partial charge in [0, 0.05) is 13.2 Å². The van der Waals surface area contributed by atoms with Gasteiger partial charge in [0.15, 0.2) is 0 Å². The van der Waals surface area contributed by atoms with Crippen molar-refractivity contribution in [1.29, 1.82) is 0 Å². The van der Waals surface area contributed by atoms with E-state index in [1.165, 1.54) is 25.7 Å². The Bertz CT molecular complexity index is 146. The lowest BCUT2D eigenvalue weighted by molar-refractivity contribution is 0.134. The minimum Gasteiger partial charge on any atom is -0.381 e. The summed E-state index contributed by atoms with van der Waals surface area (Å²) in [5.41, 5.74) is 0. The highest BCUT2D eigenvalue weighted by atomic mass is 16.5. The Morgan fingerprint density at radius 1 is 1.12 bits per heavy atom. The van der Waals surface area contributed by atoms with Crippen molar-refractivity contribution in [2.45, 2.75) is 46.0 Å². The first-order chi connectivity index (χ1) is 7.77. The maximum Gasteiger partial charge on any atom is 0.0500 e. The predicted octanol–water partition coefficient (Wildman–Crippen LogP) is 3.39. The SMILES string of the molecule is C=CCCOCCCCCCNCC(C)C. The number of ether oxygens (including phenoxy) is 1. The second-order valence-corrected chi connectivity index (χ2v) is 4.70. The third-order valence-corrected chi connectivity index (χ3v) is 2.41. The predicted molar refractivity (Wildman–Crippen MR) is 71.8 cm³/mol. The fourth-order valence-electron chi connectivity index (χ4n) is 1.47. The van der Waals surface area contributed by atoms with Crippen molar-refractivity contribution in [2.75, 3.05) is 26.3 Å². The zero-order chi connectivity index (χ0) is 12.1. The molecule has 0 atom stereocenters. The van der Waals surface area contributed by atoms with E-state index in [-0.39, 0.29) is 0 Å². The van der Waals surface area contributed by atoms with Crippen molar-refractivity contribution in [3.05, 3.63) is 12.7 Å². The number of hydrogen-bond donors (Lipinski definition) is 1.